The largest absolute Gasteiger partial charge is 0.872 e. The lowest BCUT2D eigenvalue weighted by molar-refractivity contribution is -0.268. The number of nitrogens with one attached hydrogen (secondary N) is 1. The van der Waals surface area contributed by atoms with Gasteiger partial charge in [-0.25, -0.2) is 4.79 Å². The fraction of sp³-hybridized carbons (Fsp3) is 0. The number of hydrogen-bond donors (Lipinski definition) is 3. The molecule has 118 valence electrons. The molecule has 0 saturated heterocycles. The Morgan fingerprint density at radius 3 is 2.35 bits per heavy atom. The third-order valence-corrected chi connectivity index (χ3v) is 3.13. The van der Waals surface area contributed by atoms with Gasteiger partial charge in [0.15, 0.2) is 0 Å². The van der Waals surface area contributed by atoms with E-state index in [4.69, 9.17) is 16.7 Å². The molecule has 2 aromatic carbocycles. The normalized spacial score (nSPS) is 11.1. The van der Waals surface area contributed by atoms with E-state index in [0.717, 1.165) is 12.1 Å². The highest BCUT2D eigenvalue weighted by molar-refractivity contribution is 6.30. The van der Waals surface area contributed by atoms with Gasteiger partial charge in [-0.3, -0.25) is 4.79 Å². The molecule has 1 amide bonds. The Hall–Kier alpha value is -2.99. The number of benzene rings is 2. The Balaban J connectivity index is 2.28. The van der Waals surface area contributed by atoms with E-state index in [2.05, 4.69) is 5.32 Å². The molecule has 23 heavy (non-hydrogen) atoms. The molecule has 6 nitrogen and oxygen atoms in total. The van der Waals surface area contributed by atoms with Crippen LogP contribution in [0.2, 0.25) is 5.02 Å². The average Bonchev–Trinajstić information content (AvgIpc) is 2.49. The van der Waals surface area contributed by atoms with Crippen LogP contribution in [0.25, 0.3) is 6.08 Å². The summed E-state index contributed by atoms with van der Waals surface area (Å²) >= 11 is 5.72. The number of aliphatic carboxylic acids is 1. The summed E-state index contributed by atoms with van der Waals surface area (Å²) in [5.74, 6) is -2.85. The maximum Gasteiger partial charge on any atom is 0.352 e. The van der Waals surface area contributed by atoms with Gasteiger partial charge in [0, 0.05) is 10.6 Å². The van der Waals surface area contributed by atoms with Gasteiger partial charge in [0.1, 0.15) is 11.4 Å². The number of phenolic OH excluding ortho intramolecular Hbond substituents is 1. The van der Waals surface area contributed by atoms with Crippen LogP contribution in [0.1, 0.15) is 15.9 Å². The van der Waals surface area contributed by atoms with Crippen LogP contribution >= 0.6 is 11.6 Å². The molecule has 0 aliphatic carbocycles. The zero-order valence-electron chi connectivity index (χ0n) is 11.6. The molecule has 3 N–H and O–H groups in total. The number of carboxylic acids is 1. The van der Waals surface area contributed by atoms with Gasteiger partial charge in [0.05, 0.1) is 0 Å². The smallest absolute Gasteiger partial charge is 0.352 e. The average molecular weight is 333 g/mol. The molecule has 0 aliphatic heterocycles. The minimum absolute atomic E-state index is 0.0246. The number of phenols is 1. The molecule has 0 aliphatic rings. The molecule has 0 unspecified atom stereocenters. The second kappa shape index (κ2) is 6.85. The molecule has 0 spiro atoms. The Labute approximate surface area is 136 Å². The lowest BCUT2D eigenvalue weighted by atomic mass is 10.1. The zero-order valence-corrected chi connectivity index (χ0v) is 12.4. The SMILES string of the molecule is O=C(O)/C(=C\c1ccc(O)cc1[O-])NC(=O)c1ccc(Cl)cc1. The van der Waals surface area contributed by atoms with E-state index in [1.165, 1.54) is 36.4 Å². The number of aromatic hydroxyl groups is 1. The van der Waals surface area contributed by atoms with Crippen LogP contribution in [0.4, 0.5) is 0 Å². The number of rotatable bonds is 4. The summed E-state index contributed by atoms with van der Waals surface area (Å²) in [5, 5.41) is 32.7. The quantitative estimate of drug-likeness (QED) is 0.741. The standard InChI is InChI=1S/C16H12ClNO5/c17-11-4-1-9(2-5-11)15(21)18-13(16(22)23)7-10-3-6-12(19)8-14(10)20/h1-8,19-20H,(H,18,21)(H,22,23)/p-1/b13-7+. The van der Waals surface area contributed by atoms with Gasteiger partial charge in [-0.2, -0.15) is 0 Å². The van der Waals surface area contributed by atoms with Crippen LogP contribution in [-0.2, 0) is 4.79 Å². The first-order valence-corrected chi connectivity index (χ1v) is 6.76. The van der Waals surface area contributed by atoms with Crippen LogP contribution in [0.5, 0.6) is 11.5 Å². The van der Waals surface area contributed by atoms with Crippen LogP contribution in [0, 0.1) is 0 Å². The Morgan fingerprint density at radius 1 is 1.13 bits per heavy atom. The van der Waals surface area contributed by atoms with Gasteiger partial charge in [-0.05, 0) is 48.0 Å². The summed E-state index contributed by atoms with van der Waals surface area (Å²) in [6.07, 6.45) is 1.03. The fourth-order valence-electron chi connectivity index (χ4n) is 1.74. The summed E-state index contributed by atoms with van der Waals surface area (Å²) in [4.78, 5) is 23.3. The van der Waals surface area contributed by atoms with Crippen molar-refractivity contribution in [2.45, 2.75) is 0 Å². The lowest BCUT2D eigenvalue weighted by Gasteiger charge is -2.12. The predicted molar refractivity (Wildman–Crippen MR) is 82.1 cm³/mol. The van der Waals surface area contributed by atoms with E-state index in [-0.39, 0.29) is 16.9 Å². The number of hydrogen-bond acceptors (Lipinski definition) is 4. The first-order valence-electron chi connectivity index (χ1n) is 6.39. The van der Waals surface area contributed by atoms with Crippen molar-refractivity contribution < 1.29 is 24.9 Å². The third-order valence-electron chi connectivity index (χ3n) is 2.88. The molecule has 0 fully saturated rings. The maximum atomic E-state index is 12.0. The second-order valence-corrected chi connectivity index (χ2v) is 4.98. The van der Waals surface area contributed by atoms with Crippen LogP contribution < -0.4 is 10.4 Å². The van der Waals surface area contributed by atoms with Crippen LogP contribution in [0.3, 0.4) is 0 Å². The molecule has 2 aromatic rings. The first kappa shape index (κ1) is 16.4. The molecule has 0 bridgehead atoms. The molecular weight excluding hydrogens is 322 g/mol. The highest BCUT2D eigenvalue weighted by Crippen LogP contribution is 2.22. The van der Waals surface area contributed by atoms with E-state index in [1.807, 2.05) is 0 Å². The highest BCUT2D eigenvalue weighted by atomic mass is 35.5. The number of carboxylic acid groups (broad SMARTS) is 1. The highest BCUT2D eigenvalue weighted by Gasteiger charge is 2.13. The van der Waals surface area contributed by atoms with E-state index in [9.17, 15) is 19.8 Å². The molecule has 0 saturated carbocycles. The summed E-state index contributed by atoms with van der Waals surface area (Å²) in [7, 11) is 0. The van der Waals surface area contributed by atoms with Crippen LogP contribution in [0.15, 0.2) is 48.2 Å². The first-order chi connectivity index (χ1) is 10.9. The molecule has 0 atom stereocenters. The minimum atomic E-state index is -1.40. The van der Waals surface area contributed by atoms with Crippen molar-refractivity contribution in [3.8, 4) is 11.5 Å². The molecule has 0 heterocycles. The zero-order chi connectivity index (χ0) is 17.0. The fourth-order valence-corrected chi connectivity index (χ4v) is 1.87. The van der Waals surface area contributed by atoms with Crippen molar-refractivity contribution in [1.82, 2.24) is 5.32 Å². The number of amides is 1. The summed E-state index contributed by atoms with van der Waals surface area (Å²) in [6.45, 7) is 0. The van der Waals surface area contributed by atoms with Crippen molar-refractivity contribution in [1.29, 1.82) is 0 Å². The molecular formula is C16H11ClNO5-. The summed E-state index contributed by atoms with van der Waals surface area (Å²) in [5.41, 5.74) is -0.223. The summed E-state index contributed by atoms with van der Waals surface area (Å²) < 4.78 is 0. The Kier molecular flexibility index (Phi) is 4.88. The monoisotopic (exact) mass is 332 g/mol. The predicted octanol–water partition coefficient (Wildman–Crippen LogP) is 1.97. The van der Waals surface area contributed by atoms with E-state index in [0.29, 0.717) is 5.02 Å². The van der Waals surface area contributed by atoms with E-state index in [1.54, 1.807) is 0 Å². The second-order valence-electron chi connectivity index (χ2n) is 4.55. The van der Waals surface area contributed by atoms with Gasteiger partial charge < -0.3 is 20.6 Å². The molecule has 2 rings (SSSR count). The molecule has 0 aromatic heterocycles. The lowest BCUT2D eigenvalue weighted by Crippen LogP contribution is -2.27. The number of carbonyl (C=O) groups is 2. The van der Waals surface area contributed by atoms with E-state index >= 15 is 0 Å². The van der Waals surface area contributed by atoms with Crippen molar-refractivity contribution in [3.63, 3.8) is 0 Å². The van der Waals surface area contributed by atoms with Crippen molar-refractivity contribution in [2.24, 2.45) is 0 Å². The molecule has 0 radical (unpaired) electrons. The summed E-state index contributed by atoms with van der Waals surface area (Å²) in [6, 6.07) is 9.33. The third kappa shape index (κ3) is 4.24. The molecule has 7 heteroatoms. The van der Waals surface area contributed by atoms with Gasteiger partial charge in [-0.15, -0.1) is 0 Å². The van der Waals surface area contributed by atoms with Gasteiger partial charge in [0.2, 0.25) is 0 Å². The van der Waals surface area contributed by atoms with Crippen LogP contribution in [-0.4, -0.2) is 22.1 Å². The van der Waals surface area contributed by atoms with Crippen molar-refractivity contribution in [2.75, 3.05) is 0 Å². The van der Waals surface area contributed by atoms with Crippen molar-refractivity contribution in [3.05, 3.63) is 64.3 Å². The Morgan fingerprint density at radius 2 is 1.78 bits per heavy atom. The van der Waals surface area contributed by atoms with E-state index < -0.39 is 23.3 Å². The van der Waals surface area contributed by atoms with Gasteiger partial charge in [0.25, 0.3) is 5.91 Å². The van der Waals surface area contributed by atoms with Gasteiger partial charge >= 0.3 is 5.97 Å². The number of carbonyl (C=O) groups excluding carboxylic acids is 1. The van der Waals surface area contributed by atoms with Crippen molar-refractivity contribution >= 4 is 29.6 Å². The topological polar surface area (TPSA) is 110 Å². The Bertz CT molecular complexity index is 784. The minimum Gasteiger partial charge on any atom is -0.872 e. The van der Waals surface area contributed by atoms with Gasteiger partial charge in [-0.1, -0.05) is 23.4 Å². The maximum absolute atomic E-state index is 12.0. The number of halogens is 1.